The molecular weight excluding hydrogens is 402 g/mol. The number of halogens is 6. The lowest BCUT2D eigenvalue weighted by Gasteiger charge is -2.19. The summed E-state index contributed by atoms with van der Waals surface area (Å²) in [5.74, 6) is 0. The molecule has 0 N–H and O–H groups in total. The number of alkyl halides is 6. The van der Waals surface area contributed by atoms with Gasteiger partial charge in [-0.1, -0.05) is 0 Å². The molecule has 0 rings (SSSR count). The SMILES string of the molecule is CCOCCOCC(OS(=O)(=O)C(F)(F)F)OS(=O)(=O)C(F)(F)F. The molecule has 0 spiro atoms. The van der Waals surface area contributed by atoms with E-state index in [9.17, 15) is 43.2 Å². The zero-order valence-corrected chi connectivity index (χ0v) is 13.4. The molecule has 0 radical (unpaired) electrons. The minimum atomic E-state index is -6.43. The Kier molecular flexibility index (Phi) is 8.37. The van der Waals surface area contributed by atoms with Crippen molar-refractivity contribution in [2.75, 3.05) is 26.4 Å². The van der Waals surface area contributed by atoms with Gasteiger partial charge in [-0.3, -0.25) is 0 Å². The highest BCUT2D eigenvalue weighted by molar-refractivity contribution is 7.88. The summed E-state index contributed by atoms with van der Waals surface area (Å²) in [5, 5.41) is 0. The third kappa shape index (κ3) is 7.47. The maximum atomic E-state index is 12.1. The first-order chi connectivity index (χ1) is 10.6. The van der Waals surface area contributed by atoms with Crippen LogP contribution in [0.5, 0.6) is 0 Å². The van der Waals surface area contributed by atoms with Crippen molar-refractivity contribution in [1.29, 1.82) is 0 Å². The lowest BCUT2D eigenvalue weighted by Crippen LogP contribution is -2.38. The molecule has 0 aliphatic rings. The molecule has 0 heterocycles. The van der Waals surface area contributed by atoms with Crippen LogP contribution < -0.4 is 0 Å². The maximum absolute atomic E-state index is 12.1. The fourth-order valence-corrected chi connectivity index (χ4v) is 1.93. The van der Waals surface area contributed by atoms with Gasteiger partial charge in [0, 0.05) is 6.61 Å². The van der Waals surface area contributed by atoms with Crippen molar-refractivity contribution in [2.45, 2.75) is 24.2 Å². The van der Waals surface area contributed by atoms with E-state index < -0.39 is 50.8 Å². The van der Waals surface area contributed by atoms with Crippen molar-refractivity contribution in [1.82, 2.24) is 0 Å². The molecule has 0 aromatic heterocycles. The quantitative estimate of drug-likeness (QED) is 0.172. The molecule has 8 nitrogen and oxygen atoms in total. The molecule has 0 aliphatic carbocycles. The van der Waals surface area contributed by atoms with Crippen molar-refractivity contribution < 1.29 is 61.0 Å². The zero-order valence-electron chi connectivity index (χ0n) is 11.8. The molecule has 146 valence electrons. The van der Waals surface area contributed by atoms with Crippen LogP contribution >= 0.6 is 0 Å². The molecule has 0 saturated carbocycles. The van der Waals surface area contributed by atoms with Crippen molar-refractivity contribution in [2.24, 2.45) is 0 Å². The van der Waals surface area contributed by atoms with Gasteiger partial charge in [0.15, 0.2) is 0 Å². The molecule has 0 saturated heterocycles. The molecule has 0 atom stereocenters. The van der Waals surface area contributed by atoms with Crippen LogP contribution in [0.3, 0.4) is 0 Å². The average molecular weight is 414 g/mol. The van der Waals surface area contributed by atoms with Crippen LogP contribution in [0, 0.1) is 0 Å². The van der Waals surface area contributed by atoms with Gasteiger partial charge in [0.05, 0.1) is 13.2 Å². The Morgan fingerprint density at radius 2 is 1.17 bits per heavy atom. The fraction of sp³-hybridized carbons (Fsp3) is 1.00. The molecule has 16 heteroatoms. The maximum Gasteiger partial charge on any atom is 0.523 e. The molecule has 0 amide bonds. The van der Waals surface area contributed by atoms with E-state index in [2.05, 4.69) is 13.1 Å². The first-order valence-electron chi connectivity index (χ1n) is 5.78. The Morgan fingerprint density at radius 3 is 1.50 bits per heavy atom. The monoisotopic (exact) mass is 414 g/mol. The van der Waals surface area contributed by atoms with Gasteiger partial charge in [-0.2, -0.15) is 43.2 Å². The summed E-state index contributed by atoms with van der Waals surface area (Å²) in [6, 6.07) is 0. The Hall–Kier alpha value is -0.680. The number of ether oxygens (including phenoxy) is 2. The van der Waals surface area contributed by atoms with Crippen LogP contribution in [0.1, 0.15) is 6.92 Å². The molecule has 0 fully saturated rings. The van der Waals surface area contributed by atoms with Gasteiger partial charge in [-0.05, 0) is 6.92 Å². The summed E-state index contributed by atoms with van der Waals surface area (Å²) in [4.78, 5) is 0. The van der Waals surface area contributed by atoms with Gasteiger partial charge in [0.1, 0.15) is 6.61 Å². The summed E-state index contributed by atoms with van der Waals surface area (Å²) in [7, 11) is -12.9. The second kappa shape index (κ2) is 8.61. The Morgan fingerprint density at radius 1 is 0.792 bits per heavy atom. The van der Waals surface area contributed by atoms with Gasteiger partial charge in [0.2, 0.25) is 6.29 Å². The molecule has 0 unspecified atom stereocenters. The lowest BCUT2D eigenvalue weighted by atomic mass is 10.7. The van der Waals surface area contributed by atoms with E-state index in [4.69, 9.17) is 4.74 Å². The Bertz CT molecular complexity index is 535. The summed E-state index contributed by atoms with van der Waals surface area (Å²) in [6.07, 6.45) is -3.04. The number of rotatable bonds is 10. The first-order valence-corrected chi connectivity index (χ1v) is 8.60. The third-order valence-electron chi connectivity index (χ3n) is 1.87. The second-order valence-electron chi connectivity index (χ2n) is 3.69. The molecular formula is C8H12F6O8S2. The van der Waals surface area contributed by atoms with E-state index in [0.29, 0.717) is 0 Å². The van der Waals surface area contributed by atoms with Crippen LogP contribution in [-0.4, -0.2) is 60.6 Å². The predicted molar refractivity (Wildman–Crippen MR) is 63.2 cm³/mol. The van der Waals surface area contributed by atoms with Crippen molar-refractivity contribution in [3.05, 3.63) is 0 Å². The standard InChI is InChI=1S/C8H12F6O8S2/c1-2-19-3-4-20-5-6(21-23(15,16)7(9,10)11)22-24(17,18)8(12,13)14/h6H,2-5H2,1H3. The van der Waals surface area contributed by atoms with Gasteiger partial charge in [-0.25, -0.2) is 8.37 Å². The fourth-order valence-electron chi connectivity index (χ4n) is 0.905. The predicted octanol–water partition coefficient (Wildman–Crippen LogP) is 1.10. The smallest absolute Gasteiger partial charge is 0.379 e. The van der Waals surface area contributed by atoms with Crippen molar-refractivity contribution in [3.63, 3.8) is 0 Å². The third-order valence-corrected chi connectivity index (χ3v) is 3.93. The molecule has 0 bridgehead atoms. The van der Waals surface area contributed by atoms with E-state index in [1.165, 1.54) is 0 Å². The highest BCUT2D eigenvalue weighted by Gasteiger charge is 2.52. The van der Waals surface area contributed by atoms with Crippen LogP contribution in [0.2, 0.25) is 0 Å². The Labute approximate surface area is 132 Å². The van der Waals surface area contributed by atoms with E-state index >= 15 is 0 Å². The largest absolute Gasteiger partial charge is 0.523 e. The van der Waals surface area contributed by atoms with Crippen LogP contribution in [0.4, 0.5) is 26.3 Å². The van der Waals surface area contributed by atoms with E-state index in [0.717, 1.165) is 0 Å². The topological polar surface area (TPSA) is 105 Å². The normalized spacial score (nSPS) is 14.3. The highest BCUT2D eigenvalue weighted by Crippen LogP contribution is 2.29. The average Bonchev–Trinajstić information content (AvgIpc) is 2.34. The van der Waals surface area contributed by atoms with E-state index in [1.54, 1.807) is 6.92 Å². The summed E-state index contributed by atoms with van der Waals surface area (Å²) in [5.41, 5.74) is -12.0. The number of hydrogen-bond acceptors (Lipinski definition) is 8. The minimum absolute atomic E-state index is 0.152. The summed E-state index contributed by atoms with van der Waals surface area (Å²) >= 11 is 0. The van der Waals surface area contributed by atoms with Gasteiger partial charge >= 0.3 is 31.3 Å². The van der Waals surface area contributed by atoms with Gasteiger partial charge < -0.3 is 9.47 Å². The summed E-state index contributed by atoms with van der Waals surface area (Å²) in [6.45, 7) is -0.139. The lowest BCUT2D eigenvalue weighted by molar-refractivity contribution is -0.107. The van der Waals surface area contributed by atoms with Crippen LogP contribution in [0.15, 0.2) is 0 Å². The first kappa shape index (κ1) is 23.3. The van der Waals surface area contributed by atoms with E-state index in [-0.39, 0.29) is 13.2 Å². The minimum Gasteiger partial charge on any atom is -0.379 e. The zero-order chi connectivity index (χ0) is 19.2. The van der Waals surface area contributed by atoms with Gasteiger partial charge in [0.25, 0.3) is 0 Å². The molecule has 0 aromatic carbocycles. The number of hydrogen-bond donors (Lipinski definition) is 0. The summed E-state index contributed by atoms with van der Waals surface area (Å²) < 4.78 is 132. The van der Waals surface area contributed by atoms with Crippen molar-refractivity contribution >= 4 is 20.2 Å². The van der Waals surface area contributed by atoms with Crippen molar-refractivity contribution in [3.8, 4) is 0 Å². The van der Waals surface area contributed by atoms with E-state index in [1.807, 2.05) is 0 Å². The molecule has 0 aromatic rings. The molecule has 24 heavy (non-hydrogen) atoms. The molecule has 0 aliphatic heterocycles. The second-order valence-corrected chi connectivity index (χ2v) is 6.82. The van der Waals surface area contributed by atoms with Gasteiger partial charge in [-0.15, -0.1) is 0 Å². The Balaban J connectivity index is 5.11. The van der Waals surface area contributed by atoms with Crippen LogP contribution in [-0.2, 0) is 38.1 Å². The highest BCUT2D eigenvalue weighted by atomic mass is 32.2. The van der Waals surface area contributed by atoms with Crippen LogP contribution in [0.25, 0.3) is 0 Å².